The molecule has 1 unspecified atom stereocenters. The number of hydrogen-bond acceptors (Lipinski definition) is 7. The van der Waals surface area contributed by atoms with Crippen LogP contribution in [0.5, 0.6) is 0 Å². The number of pyridine rings is 1. The van der Waals surface area contributed by atoms with Crippen LogP contribution < -0.4 is 0 Å². The molecular formula is C20H24N4O4S. The van der Waals surface area contributed by atoms with E-state index in [1.165, 1.54) is 6.42 Å². The van der Waals surface area contributed by atoms with Crippen LogP contribution in [0.25, 0.3) is 11.4 Å². The molecule has 5 rings (SSSR count). The summed E-state index contributed by atoms with van der Waals surface area (Å²) in [7, 11) is -3.33. The van der Waals surface area contributed by atoms with Crippen LogP contribution in [0, 0.1) is 5.92 Å². The van der Waals surface area contributed by atoms with Gasteiger partial charge < -0.3 is 9.42 Å². The van der Waals surface area contributed by atoms with Gasteiger partial charge in [-0.15, -0.1) is 0 Å². The Balaban J connectivity index is 1.38. The van der Waals surface area contributed by atoms with Crippen molar-refractivity contribution in [1.82, 2.24) is 20.0 Å². The van der Waals surface area contributed by atoms with Gasteiger partial charge in [-0.05, 0) is 31.4 Å². The summed E-state index contributed by atoms with van der Waals surface area (Å²) in [5.74, 6) is 0.658. The van der Waals surface area contributed by atoms with E-state index in [0.717, 1.165) is 31.2 Å². The predicted octanol–water partition coefficient (Wildman–Crippen LogP) is 2.20. The molecule has 0 bridgehead atoms. The largest absolute Gasteiger partial charge is 0.339 e. The molecule has 29 heavy (non-hydrogen) atoms. The fraction of sp³-hybridized carbons (Fsp3) is 0.600. The Morgan fingerprint density at radius 2 is 1.83 bits per heavy atom. The van der Waals surface area contributed by atoms with Crippen molar-refractivity contribution in [3.8, 4) is 11.4 Å². The van der Waals surface area contributed by atoms with Gasteiger partial charge >= 0.3 is 0 Å². The van der Waals surface area contributed by atoms with E-state index in [4.69, 9.17) is 4.52 Å². The minimum atomic E-state index is -3.33. The van der Waals surface area contributed by atoms with E-state index in [1.807, 2.05) is 0 Å². The van der Waals surface area contributed by atoms with E-state index in [9.17, 15) is 13.2 Å². The van der Waals surface area contributed by atoms with Gasteiger partial charge in [-0.25, -0.2) is 8.42 Å². The molecule has 1 saturated carbocycles. The average Bonchev–Trinajstić information content (AvgIpc) is 3.30. The first kappa shape index (κ1) is 18.7. The van der Waals surface area contributed by atoms with Crippen molar-refractivity contribution in [2.45, 2.75) is 49.2 Å². The molecule has 3 aliphatic rings. The van der Waals surface area contributed by atoms with E-state index in [2.05, 4.69) is 15.1 Å². The van der Waals surface area contributed by atoms with Gasteiger partial charge in [0, 0.05) is 37.0 Å². The second kappa shape index (κ2) is 6.90. The van der Waals surface area contributed by atoms with Crippen LogP contribution in [0.2, 0.25) is 0 Å². The van der Waals surface area contributed by atoms with Gasteiger partial charge in [-0.2, -0.15) is 4.98 Å². The lowest BCUT2D eigenvalue weighted by molar-refractivity contribution is -0.142. The number of hydrogen-bond donors (Lipinski definition) is 0. The van der Waals surface area contributed by atoms with Crippen LogP contribution in [0.1, 0.15) is 50.3 Å². The highest BCUT2D eigenvalue weighted by atomic mass is 32.2. The third kappa shape index (κ3) is 2.97. The standard InChI is InChI=1S/C20H24N4O4S/c25-19(15-4-2-1-3-5-15)24-12-20(13-24)16(8-11-29(20,26)27)18-22-17(23-28-18)14-6-9-21-10-7-14/h6-7,9-10,15-16H,1-5,8,11-13H2. The maximum absolute atomic E-state index is 12.9. The minimum absolute atomic E-state index is 0.0466. The SMILES string of the molecule is O=C(C1CCCCC1)N1CC2(C1)C(c1nc(-c3ccncc3)no1)CCS2(=O)=O. The third-order valence-corrected chi connectivity index (χ3v) is 9.35. The van der Waals surface area contributed by atoms with E-state index in [1.54, 1.807) is 29.4 Å². The van der Waals surface area contributed by atoms with Gasteiger partial charge in [-0.3, -0.25) is 9.78 Å². The number of likely N-dealkylation sites (tertiary alicyclic amines) is 1. The second-order valence-electron chi connectivity index (χ2n) is 8.45. The van der Waals surface area contributed by atoms with Gasteiger partial charge in [0.05, 0.1) is 11.7 Å². The summed E-state index contributed by atoms with van der Waals surface area (Å²) in [6.07, 6.45) is 8.91. The van der Waals surface area contributed by atoms with Crippen molar-refractivity contribution in [2.24, 2.45) is 5.92 Å². The number of rotatable bonds is 3. The maximum Gasteiger partial charge on any atom is 0.231 e. The summed E-state index contributed by atoms with van der Waals surface area (Å²) in [5, 5.41) is 4.04. The third-order valence-electron chi connectivity index (χ3n) is 6.79. The van der Waals surface area contributed by atoms with Crippen LogP contribution in [0.4, 0.5) is 0 Å². The highest BCUT2D eigenvalue weighted by Gasteiger charge is 2.64. The van der Waals surface area contributed by atoms with E-state index in [0.29, 0.717) is 18.1 Å². The maximum atomic E-state index is 12.9. The molecular weight excluding hydrogens is 392 g/mol. The first-order valence-corrected chi connectivity index (χ1v) is 11.9. The minimum Gasteiger partial charge on any atom is -0.339 e. The molecule has 1 aliphatic carbocycles. The first-order chi connectivity index (χ1) is 14.0. The number of amides is 1. The average molecular weight is 417 g/mol. The summed E-state index contributed by atoms with van der Waals surface area (Å²) in [6, 6.07) is 3.56. The van der Waals surface area contributed by atoms with Crippen molar-refractivity contribution >= 4 is 15.7 Å². The molecule has 9 heteroatoms. The zero-order chi connectivity index (χ0) is 20.1. The number of carbonyl (C=O) groups is 1. The summed E-state index contributed by atoms with van der Waals surface area (Å²) in [6.45, 7) is 0.477. The molecule has 2 aromatic heterocycles. The van der Waals surface area contributed by atoms with Gasteiger partial charge in [-0.1, -0.05) is 24.4 Å². The van der Waals surface area contributed by atoms with Crippen molar-refractivity contribution in [3.05, 3.63) is 30.4 Å². The molecule has 1 atom stereocenters. The summed E-state index contributed by atoms with van der Waals surface area (Å²) in [5.41, 5.74) is 0.771. The Labute approximate surface area is 169 Å². The molecule has 2 aliphatic heterocycles. The molecule has 0 aromatic carbocycles. The number of carbonyl (C=O) groups excluding carboxylic acids is 1. The predicted molar refractivity (Wildman–Crippen MR) is 105 cm³/mol. The quantitative estimate of drug-likeness (QED) is 0.755. The van der Waals surface area contributed by atoms with Crippen LogP contribution in [-0.2, 0) is 14.6 Å². The van der Waals surface area contributed by atoms with Crippen molar-refractivity contribution in [2.75, 3.05) is 18.8 Å². The first-order valence-electron chi connectivity index (χ1n) is 10.3. The molecule has 1 spiro atoms. The van der Waals surface area contributed by atoms with Gasteiger partial charge in [0.25, 0.3) is 0 Å². The van der Waals surface area contributed by atoms with E-state index < -0.39 is 14.6 Å². The second-order valence-corrected chi connectivity index (χ2v) is 10.9. The van der Waals surface area contributed by atoms with E-state index >= 15 is 0 Å². The van der Waals surface area contributed by atoms with Crippen molar-refractivity contribution in [1.29, 1.82) is 0 Å². The van der Waals surface area contributed by atoms with Crippen LogP contribution in [0.15, 0.2) is 29.0 Å². The Kier molecular flexibility index (Phi) is 4.45. The van der Waals surface area contributed by atoms with Crippen LogP contribution >= 0.6 is 0 Å². The summed E-state index contributed by atoms with van der Waals surface area (Å²) in [4.78, 5) is 23.0. The molecule has 0 N–H and O–H groups in total. The lowest BCUT2D eigenvalue weighted by Gasteiger charge is -2.50. The summed E-state index contributed by atoms with van der Waals surface area (Å²) >= 11 is 0. The summed E-state index contributed by atoms with van der Waals surface area (Å²) < 4.78 is 30.4. The zero-order valence-electron chi connectivity index (χ0n) is 16.2. The molecule has 1 amide bonds. The van der Waals surface area contributed by atoms with Gasteiger partial charge in [0.1, 0.15) is 4.75 Å². The monoisotopic (exact) mass is 416 g/mol. The molecule has 8 nitrogen and oxygen atoms in total. The lowest BCUT2D eigenvalue weighted by Crippen LogP contribution is -2.68. The fourth-order valence-corrected chi connectivity index (χ4v) is 7.39. The van der Waals surface area contributed by atoms with Crippen LogP contribution in [0.3, 0.4) is 0 Å². The Bertz CT molecular complexity index is 1010. The van der Waals surface area contributed by atoms with Crippen LogP contribution in [-0.4, -0.2) is 57.9 Å². The Morgan fingerprint density at radius 1 is 1.10 bits per heavy atom. The highest BCUT2D eigenvalue weighted by Crippen LogP contribution is 2.50. The number of aromatic nitrogens is 3. The van der Waals surface area contributed by atoms with Gasteiger partial charge in [0.2, 0.25) is 17.6 Å². The Hall–Kier alpha value is -2.29. The molecule has 0 radical (unpaired) electrons. The van der Waals surface area contributed by atoms with E-state index in [-0.39, 0.29) is 36.6 Å². The topological polar surface area (TPSA) is 106 Å². The lowest BCUT2D eigenvalue weighted by atomic mass is 9.81. The molecule has 154 valence electrons. The zero-order valence-corrected chi connectivity index (χ0v) is 17.0. The molecule has 4 heterocycles. The van der Waals surface area contributed by atoms with Gasteiger partial charge in [0.15, 0.2) is 9.84 Å². The molecule has 2 saturated heterocycles. The normalized spacial score (nSPS) is 25.8. The Morgan fingerprint density at radius 3 is 2.55 bits per heavy atom. The molecule has 3 fully saturated rings. The van der Waals surface area contributed by atoms with Crippen molar-refractivity contribution < 1.29 is 17.7 Å². The number of sulfone groups is 1. The van der Waals surface area contributed by atoms with Crippen molar-refractivity contribution in [3.63, 3.8) is 0 Å². The number of nitrogens with zero attached hydrogens (tertiary/aromatic N) is 4. The molecule has 2 aromatic rings. The smallest absolute Gasteiger partial charge is 0.231 e. The fourth-order valence-electron chi connectivity index (χ4n) is 5.08. The highest BCUT2D eigenvalue weighted by molar-refractivity contribution is 7.93.